The molecule has 0 amide bonds. The molecule has 0 aromatic carbocycles. The third-order valence-electron chi connectivity index (χ3n) is 1.32. The minimum atomic E-state index is 0.176. The van der Waals surface area contributed by atoms with Crippen LogP contribution in [0, 0.1) is 17.2 Å². The summed E-state index contributed by atoms with van der Waals surface area (Å²) in [6.07, 6.45) is 4.69. The molecular weight excluding hydrogens is 190 g/mol. The van der Waals surface area contributed by atoms with E-state index < -0.39 is 0 Å². The molecule has 2 heteroatoms. The van der Waals surface area contributed by atoms with Crippen molar-refractivity contribution in [1.29, 1.82) is 5.26 Å². The zero-order valence-electron chi connectivity index (χ0n) is 6.02. The van der Waals surface area contributed by atoms with E-state index in [9.17, 15) is 0 Å². The van der Waals surface area contributed by atoms with E-state index in [1.165, 1.54) is 0 Å². The highest BCUT2D eigenvalue weighted by molar-refractivity contribution is 9.09. The molecule has 0 aliphatic rings. The first-order valence-corrected chi connectivity index (χ1v) is 4.53. The summed E-state index contributed by atoms with van der Waals surface area (Å²) in [6, 6.07) is 2.25. The normalized spacial score (nSPS) is 12.0. The van der Waals surface area contributed by atoms with E-state index in [-0.39, 0.29) is 5.92 Å². The molecular formula is C8H12BrN. The van der Waals surface area contributed by atoms with E-state index in [2.05, 4.69) is 28.6 Å². The zero-order valence-corrected chi connectivity index (χ0v) is 7.60. The molecule has 1 nitrogen and oxygen atoms in total. The fourth-order valence-electron chi connectivity index (χ4n) is 0.760. The maximum atomic E-state index is 8.57. The van der Waals surface area contributed by atoms with Crippen molar-refractivity contribution < 1.29 is 0 Å². The Labute approximate surface area is 70.9 Å². The Kier molecular flexibility index (Phi) is 6.63. The third-order valence-corrected chi connectivity index (χ3v) is 1.88. The van der Waals surface area contributed by atoms with Gasteiger partial charge in [-0.2, -0.15) is 5.26 Å². The summed E-state index contributed by atoms with van der Waals surface area (Å²) in [5.41, 5.74) is 0. The first-order valence-electron chi connectivity index (χ1n) is 3.41. The lowest BCUT2D eigenvalue weighted by Gasteiger charge is -2.02. The molecule has 0 saturated carbocycles. The fourth-order valence-corrected chi connectivity index (χ4v) is 1.08. The summed E-state index contributed by atoms with van der Waals surface area (Å²) >= 11 is 3.32. The minimum Gasteiger partial charge on any atom is -0.198 e. The van der Waals surface area contributed by atoms with Gasteiger partial charge in [0.05, 0.1) is 6.07 Å². The Morgan fingerprint density at radius 2 is 2.40 bits per heavy atom. The van der Waals surface area contributed by atoms with Crippen molar-refractivity contribution in [2.24, 2.45) is 5.92 Å². The number of alkyl halides is 1. The van der Waals surface area contributed by atoms with Crippen LogP contribution in [0.5, 0.6) is 0 Å². The van der Waals surface area contributed by atoms with E-state index in [1.54, 1.807) is 0 Å². The molecule has 0 rings (SSSR count). The molecule has 0 bridgehead atoms. The van der Waals surface area contributed by atoms with E-state index in [0.717, 1.165) is 24.6 Å². The van der Waals surface area contributed by atoms with Gasteiger partial charge in [0.25, 0.3) is 0 Å². The molecule has 0 N–H and O–H groups in total. The fraction of sp³-hybridized carbons (Fsp3) is 0.625. The van der Waals surface area contributed by atoms with Crippen LogP contribution in [0.4, 0.5) is 0 Å². The summed E-state index contributed by atoms with van der Waals surface area (Å²) in [7, 11) is 0. The van der Waals surface area contributed by atoms with Crippen LogP contribution in [0.1, 0.15) is 19.3 Å². The Morgan fingerprint density at radius 1 is 1.70 bits per heavy atom. The molecule has 0 spiro atoms. The number of nitrogens with zero attached hydrogens (tertiary/aromatic N) is 1. The molecule has 0 aromatic heterocycles. The first-order chi connectivity index (χ1) is 4.85. The van der Waals surface area contributed by atoms with Crippen molar-refractivity contribution in [2.75, 3.05) is 5.33 Å². The van der Waals surface area contributed by atoms with Gasteiger partial charge in [-0.25, -0.2) is 0 Å². The van der Waals surface area contributed by atoms with Gasteiger partial charge in [0, 0.05) is 11.2 Å². The van der Waals surface area contributed by atoms with Gasteiger partial charge >= 0.3 is 0 Å². The molecule has 0 radical (unpaired) electrons. The molecule has 56 valence electrons. The van der Waals surface area contributed by atoms with Crippen LogP contribution in [0.2, 0.25) is 0 Å². The van der Waals surface area contributed by atoms with Crippen LogP contribution >= 0.6 is 15.9 Å². The lowest BCUT2D eigenvalue weighted by atomic mass is 10.0. The summed E-state index contributed by atoms with van der Waals surface area (Å²) in [5, 5.41) is 9.56. The van der Waals surface area contributed by atoms with Gasteiger partial charge in [-0.1, -0.05) is 22.0 Å². The van der Waals surface area contributed by atoms with Gasteiger partial charge in [-0.15, -0.1) is 6.58 Å². The predicted molar refractivity (Wildman–Crippen MR) is 46.9 cm³/mol. The summed E-state index contributed by atoms with van der Waals surface area (Å²) in [6.45, 7) is 3.59. The minimum absolute atomic E-state index is 0.176. The van der Waals surface area contributed by atoms with Crippen molar-refractivity contribution in [2.45, 2.75) is 19.3 Å². The van der Waals surface area contributed by atoms with E-state index in [1.807, 2.05) is 6.08 Å². The Morgan fingerprint density at radius 3 is 2.80 bits per heavy atom. The molecule has 0 heterocycles. The largest absolute Gasteiger partial charge is 0.198 e. The molecule has 10 heavy (non-hydrogen) atoms. The maximum absolute atomic E-state index is 8.57. The van der Waals surface area contributed by atoms with E-state index in [4.69, 9.17) is 5.26 Å². The number of halogens is 1. The number of nitriles is 1. The first kappa shape index (κ1) is 9.71. The Bertz CT molecular complexity index is 126. The molecule has 1 atom stereocenters. The van der Waals surface area contributed by atoms with Gasteiger partial charge in [-0.3, -0.25) is 0 Å². The van der Waals surface area contributed by atoms with Crippen LogP contribution in [0.25, 0.3) is 0 Å². The number of allylic oxidation sites excluding steroid dienone is 1. The number of rotatable bonds is 5. The van der Waals surface area contributed by atoms with Crippen molar-refractivity contribution in [1.82, 2.24) is 0 Å². The number of hydrogen-bond acceptors (Lipinski definition) is 1. The highest BCUT2D eigenvalue weighted by Crippen LogP contribution is 2.10. The van der Waals surface area contributed by atoms with Crippen molar-refractivity contribution in [3.63, 3.8) is 0 Å². The average Bonchev–Trinajstić information content (AvgIpc) is 1.98. The van der Waals surface area contributed by atoms with E-state index >= 15 is 0 Å². The lowest BCUT2D eigenvalue weighted by Crippen LogP contribution is -1.94. The summed E-state index contributed by atoms with van der Waals surface area (Å²) in [4.78, 5) is 0. The molecule has 0 aromatic rings. The highest BCUT2D eigenvalue weighted by atomic mass is 79.9. The van der Waals surface area contributed by atoms with Gasteiger partial charge < -0.3 is 0 Å². The van der Waals surface area contributed by atoms with Crippen LogP contribution in [-0.4, -0.2) is 5.33 Å². The Hall–Kier alpha value is -0.290. The SMILES string of the molecule is C=CCC(C#N)CCCBr. The second kappa shape index (κ2) is 6.82. The van der Waals surface area contributed by atoms with Gasteiger partial charge in [0.2, 0.25) is 0 Å². The monoisotopic (exact) mass is 201 g/mol. The molecule has 0 fully saturated rings. The smallest absolute Gasteiger partial charge is 0.0659 e. The van der Waals surface area contributed by atoms with Gasteiger partial charge in [-0.05, 0) is 19.3 Å². The van der Waals surface area contributed by atoms with Gasteiger partial charge in [0.1, 0.15) is 0 Å². The van der Waals surface area contributed by atoms with Crippen LogP contribution in [0.15, 0.2) is 12.7 Å². The van der Waals surface area contributed by atoms with Crippen LogP contribution in [0.3, 0.4) is 0 Å². The highest BCUT2D eigenvalue weighted by Gasteiger charge is 2.02. The van der Waals surface area contributed by atoms with Crippen molar-refractivity contribution in [3.8, 4) is 6.07 Å². The summed E-state index contributed by atoms with van der Waals surface area (Å²) < 4.78 is 0. The number of hydrogen-bond donors (Lipinski definition) is 0. The second-order valence-corrected chi connectivity index (χ2v) is 2.97. The molecule has 0 aliphatic heterocycles. The van der Waals surface area contributed by atoms with Gasteiger partial charge in [0.15, 0.2) is 0 Å². The van der Waals surface area contributed by atoms with E-state index in [0.29, 0.717) is 0 Å². The third kappa shape index (κ3) is 4.58. The van der Waals surface area contributed by atoms with Crippen molar-refractivity contribution in [3.05, 3.63) is 12.7 Å². The second-order valence-electron chi connectivity index (χ2n) is 2.18. The topological polar surface area (TPSA) is 23.8 Å². The molecule has 0 saturated heterocycles. The molecule has 1 unspecified atom stereocenters. The van der Waals surface area contributed by atoms with Crippen molar-refractivity contribution >= 4 is 15.9 Å². The lowest BCUT2D eigenvalue weighted by molar-refractivity contribution is 0.605. The van der Waals surface area contributed by atoms with Crippen LogP contribution < -0.4 is 0 Å². The van der Waals surface area contributed by atoms with Crippen LogP contribution in [-0.2, 0) is 0 Å². The maximum Gasteiger partial charge on any atom is 0.0659 e. The quantitative estimate of drug-likeness (QED) is 0.496. The Balaban J connectivity index is 3.42. The summed E-state index contributed by atoms with van der Waals surface area (Å²) in [5.74, 6) is 0.176. The predicted octanol–water partition coefficient (Wildman–Crippen LogP) is 2.88. The standard InChI is InChI=1S/C8H12BrN/c1-2-4-8(7-10)5-3-6-9/h2,8H,1,3-6H2. The molecule has 0 aliphatic carbocycles. The zero-order chi connectivity index (χ0) is 7.82. The average molecular weight is 202 g/mol.